The lowest BCUT2D eigenvalue weighted by Crippen LogP contribution is -2.16. The Bertz CT molecular complexity index is 1040. The molecule has 0 spiro atoms. The van der Waals surface area contributed by atoms with E-state index in [0.29, 0.717) is 27.9 Å². The van der Waals surface area contributed by atoms with Gasteiger partial charge in [0.15, 0.2) is 0 Å². The third-order valence-corrected chi connectivity index (χ3v) is 4.15. The van der Waals surface area contributed by atoms with Crippen molar-refractivity contribution in [2.75, 3.05) is 5.32 Å². The van der Waals surface area contributed by atoms with Crippen LogP contribution in [0.25, 0.3) is 0 Å². The number of carbonyl (C=O) groups is 1. The SMILES string of the molecule is Cc1ccc(CC(=O)Nc2ccnn2C)cc1Oc1cc(Cl)cc(C#N)c1. The zero-order valence-corrected chi connectivity index (χ0v) is 15.6. The second-order valence-electron chi connectivity index (χ2n) is 6.05. The van der Waals surface area contributed by atoms with Gasteiger partial charge in [0.2, 0.25) is 5.91 Å². The minimum atomic E-state index is -0.150. The molecule has 0 radical (unpaired) electrons. The van der Waals surface area contributed by atoms with E-state index >= 15 is 0 Å². The first-order chi connectivity index (χ1) is 12.9. The maximum Gasteiger partial charge on any atom is 0.229 e. The number of nitriles is 1. The molecule has 2 aromatic carbocycles. The van der Waals surface area contributed by atoms with E-state index < -0.39 is 0 Å². The lowest BCUT2D eigenvalue weighted by atomic mass is 10.1. The molecule has 6 nitrogen and oxygen atoms in total. The first kappa shape index (κ1) is 18.5. The molecular formula is C20H17ClN4O2. The Kier molecular flexibility index (Phi) is 5.43. The summed E-state index contributed by atoms with van der Waals surface area (Å²) in [5.74, 6) is 1.56. The van der Waals surface area contributed by atoms with Crippen molar-refractivity contribution < 1.29 is 9.53 Å². The maximum absolute atomic E-state index is 12.3. The third kappa shape index (κ3) is 4.66. The fourth-order valence-corrected chi connectivity index (χ4v) is 2.77. The van der Waals surface area contributed by atoms with Gasteiger partial charge in [-0.1, -0.05) is 23.7 Å². The summed E-state index contributed by atoms with van der Waals surface area (Å²) in [5, 5.41) is 16.3. The highest BCUT2D eigenvalue weighted by Gasteiger charge is 2.10. The van der Waals surface area contributed by atoms with E-state index in [9.17, 15) is 4.79 Å². The van der Waals surface area contributed by atoms with Crippen LogP contribution in [-0.4, -0.2) is 15.7 Å². The number of anilines is 1. The molecule has 0 fully saturated rings. The molecule has 0 aliphatic heterocycles. The molecule has 0 aliphatic rings. The Morgan fingerprint density at radius 1 is 1.30 bits per heavy atom. The average Bonchev–Trinajstić information content (AvgIpc) is 3.02. The summed E-state index contributed by atoms with van der Waals surface area (Å²) < 4.78 is 7.49. The molecule has 7 heteroatoms. The summed E-state index contributed by atoms with van der Waals surface area (Å²) in [6, 6.07) is 14.2. The summed E-state index contributed by atoms with van der Waals surface area (Å²) in [7, 11) is 1.76. The van der Waals surface area contributed by atoms with Gasteiger partial charge in [-0.05, 0) is 42.3 Å². The van der Waals surface area contributed by atoms with E-state index in [-0.39, 0.29) is 12.3 Å². The molecular weight excluding hydrogens is 364 g/mol. The number of rotatable bonds is 5. The number of carbonyl (C=O) groups excluding carboxylic acids is 1. The van der Waals surface area contributed by atoms with Crippen molar-refractivity contribution in [3.8, 4) is 17.6 Å². The molecule has 0 saturated carbocycles. The lowest BCUT2D eigenvalue weighted by Gasteiger charge is -2.12. The van der Waals surface area contributed by atoms with Gasteiger partial charge in [-0.3, -0.25) is 9.48 Å². The molecule has 1 aromatic heterocycles. The van der Waals surface area contributed by atoms with Crippen LogP contribution in [0.3, 0.4) is 0 Å². The van der Waals surface area contributed by atoms with E-state index in [2.05, 4.69) is 10.4 Å². The standard InChI is InChI=1S/C20H17ClN4O2/c1-13-3-4-14(10-20(26)24-19-5-6-23-25(19)2)9-18(13)27-17-8-15(12-22)7-16(21)11-17/h3-9,11H,10H2,1-2H3,(H,24,26). The van der Waals surface area contributed by atoms with Crippen LogP contribution < -0.4 is 10.1 Å². The van der Waals surface area contributed by atoms with Crippen LogP contribution >= 0.6 is 11.6 Å². The highest BCUT2D eigenvalue weighted by molar-refractivity contribution is 6.30. The van der Waals surface area contributed by atoms with Gasteiger partial charge < -0.3 is 10.1 Å². The molecule has 1 heterocycles. The minimum Gasteiger partial charge on any atom is -0.457 e. The molecule has 27 heavy (non-hydrogen) atoms. The van der Waals surface area contributed by atoms with Crippen LogP contribution in [0.15, 0.2) is 48.7 Å². The predicted molar refractivity (Wildman–Crippen MR) is 103 cm³/mol. The normalized spacial score (nSPS) is 10.3. The summed E-state index contributed by atoms with van der Waals surface area (Å²) in [6.07, 6.45) is 1.81. The minimum absolute atomic E-state index is 0.150. The smallest absolute Gasteiger partial charge is 0.229 e. The van der Waals surface area contributed by atoms with Crippen molar-refractivity contribution in [2.24, 2.45) is 7.05 Å². The van der Waals surface area contributed by atoms with Gasteiger partial charge in [0.25, 0.3) is 0 Å². The first-order valence-electron chi connectivity index (χ1n) is 8.20. The number of benzene rings is 2. The summed E-state index contributed by atoms with van der Waals surface area (Å²) in [4.78, 5) is 12.3. The van der Waals surface area contributed by atoms with Gasteiger partial charge in [-0.15, -0.1) is 0 Å². The monoisotopic (exact) mass is 380 g/mol. The number of aryl methyl sites for hydroxylation is 2. The van der Waals surface area contributed by atoms with E-state index in [0.717, 1.165) is 11.1 Å². The zero-order valence-electron chi connectivity index (χ0n) is 14.9. The second kappa shape index (κ2) is 7.94. The molecule has 136 valence electrons. The molecule has 1 N–H and O–H groups in total. The van der Waals surface area contributed by atoms with Gasteiger partial charge in [0.05, 0.1) is 24.3 Å². The van der Waals surface area contributed by atoms with Crippen LogP contribution in [0.4, 0.5) is 5.82 Å². The number of hydrogen-bond donors (Lipinski definition) is 1. The van der Waals surface area contributed by atoms with Crippen molar-refractivity contribution in [2.45, 2.75) is 13.3 Å². The van der Waals surface area contributed by atoms with Gasteiger partial charge in [-0.2, -0.15) is 10.4 Å². The number of hydrogen-bond acceptors (Lipinski definition) is 4. The Balaban J connectivity index is 1.76. The van der Waals surface area contributed by atoms with Crippen molar-refractivity contribution in [3.63, 3.8) is 0 Å². The molecule has 0 saturated heterocycles. The Morgan fingerprint density at radius 3 is 2.81 bits per heavy atom. The summed E-state index contributed by atoms with van der Waals surface area (Å²) in [5.41, 5.74) is 2.13. The fourth-order valence-electron chi connectivity index (χ4n) is 2.55. The van der Waals surface area contributed by atoms with Gasteiger partial charge in [0.1, 0.15) is 17.3 Å². The Hall–Kier alpha value is -3.30. The number of aromatic nitrogens is 2. The average molecular weight is 381 g/mol. The van der Waals surface area contributed by atoms with Crippen LogP contribution in [0.1, 0.15) is 16.7 Å². The number of ether oxygens (including phenoxy) is 1. The number of halogens is 1. The lowest BCUT2D eigenvalue weighted by molar-refractivity contribution is -0.115. The highest BCUT2D eigenvalue weighted by Crippen LogP contribution is 2.29. The van der Waals surface area contributed by atoms with E-state index in [4.69, 9.17) is 21.6 Å². The van der Waals surface area contributed by atoms with Gasteiger partial charge in [0, 0.05) is 18.1 Å². The summed E-state index contributed by atoms with van der Waals surface area (Å²) in [6.45, 7) is 1.91. The van der Waals surface area contributed by atoms with Crippen LogP contribution in [-0.2, 0) is 18.3 Å². The van der Waals surface area contributed by atoms with Crippen LogP contribution in [0.2, 0.25) is 5.02 Å². The molecule has 3 aromatic rings. The largest absolute Gasteiger partial charge is 0.457 e. The van der Waals surface area contributed by atoms with Crippen molar-refractivity contribution in [3.05, 3.63) is 70.4 Å². The third-order valence-electron chi connectivity index (χ3n) is 3.93. The van der Waals surface area contributed by atoms with E-state index in [1.807, 2.05) is 31.2 Å². The molecule has 0 bridgehead atoms. The van der Waals surface area contributed by atoms with Gasteiger partial charge in [-0.25, -0.2) is 0 Å². The van der Waals surface area contributed by atoms with Gasteiger partial charge >= 0.3 is 0 Å². The topological polar surface area (TPSA) is 79.9 Å². The maximum atomic E-state index is 12.3. The second-order valence-corrected chi connectivity index (χ2v) is 6.49. The number of nitrogens with one attached hydrogen (secondary N) is 1. The molecule has 3 rings (SSSR count). The van der Waals surface area contributed by atoms with E-state index in [1.165, 1.54) is 0 Å². The highest BCUT2D eigenvalue weighted by atomic mass is 35.5. The van der Waals surface area contributed by atoms with Crippen molar-refractivity contribution in [1.82, 2.24) is 9.78 Å². The van der Waals surface area contributed by atoms with E-state index in [1.54, 1.807) is 42.2 Å². The fraction of sp³-hybridized carbons (Fsp3) is 0.150. The molecule has 0 atom stereocenters. The molecule has 0 aliphatic carbocycles. The Morgan fingerprint density at radius 2 is 2.11 bits per heavy atom. The zero-order chi connectivity index (χ0) is 19.4. The molecule has 1 amide bonds. The summed E-state index contributed by atoms with van der Waals surface area (Å²) >= 11 is 6.02. The molecule has 0 unspecified atom stereocenters. The van der Waals surface area contributed by atoms with Crippen molar-refractivity contribution in [1.29, 1.82) is 5.26 Å². The number of amides is 1. The van der Waals surface area contributed by atoms with Crippen LogP contribution in [0.5, 0.6) is 11.5 Å². The predicted octanol–water partition coefficient (Wildman–Crippen LogP) is 4.23. The Labute approximate surface area is 161 Å². The first-order valence-corrected chi connectivity index (χ1v) is 8.58. The van der Waals surface area contributed by atoms with Crippen LogP contribution in [0, 0.1) is 18.3 Å². The van der Waals surface area contributed by atoms with Crippen molar-refractivity contribution >= 4 is 23.3 Å². The quantitative estimate of drug-likeness (QED) is 0.718. The number of nitrogens with zero attached hydrogens (tertiary/aromatic N) is 3.